The van der Waals surface area contributed by atoms with Crippen molar-refractivity contribution in [3.63, 3.8) is 0 Å². The van der Waals surface area contributed by atoms with Crippen LogP contribution >= 0.6 is 15.9 Å². The second-order valence-corrected chi connectivity index (χ2v) is 5.83. The molecular weight excluding hydrogens is 316 g/mol. The Morgan fingerprint density at radius 3 is 2.20 bits per heavy atom. The zero-order valence-corrected chi connectivity index (χ0v) is 13.6. The average molecular weight is 335 g/mol. The van der Waals surface area contributed by atoms with E-state index >= 15 is 0 Å². The number of methoxy groups -OCH3 is 2. The summed E-state index contributed by atoms with van der Waals surface area (Å²) in [4.78, 5) is 0.254. The Morgan fingerprint density at radius 2 is 1.60 bits per heavy atom. The maximum absolute atomic E-state index is 5.39. The highest BCUT2D eigenvalue weighted by atomic mass is 79.9. The molecule has 0 aliphatic carbocycles. The van der Waals surface area contributed by atoms with Crippen molar-refractivity contribution in [2.45, 2.75) is 18.2 Å². The number of hydrogen-bond donors (Lipinski definition) is 0. The predicted molar refractivity (Wildman–Crippen MR) is 86.1 cm³/mol. The van der Waals surface area contributed by atoms with Crippen molar-refractivity contribution in [2.24, 2.45) is 0 Å². The minimum absolute atomic E-state index is 0.254. The van der Waals surface area contributed by atoms with E-state index in [0.29, 0.717) is 0 Å². The fourth-order valence-electron chi connectivity index (χ4n) is 2.26. The van der Waals surface area contributed by atoms with Gasteiger partial charge in [0.1, 0.15) is 0 Å². The minimum atomic E-state index is 0.254. The summed E-state index contributed by atoms with van der Waals surface area (Å²) in [5.41, 5.74) is 3.73. The van der Waals surface area contributed by atoms with Crippen molar-refractivity contribution >= 4 is 15.9 Å². The Hall–Kier alpha value is -1.48. The van der Waals surface area contributed by atoms with E-state index in [-0.39, 0.29) is 4.83 Å². The summed E-state index contributed by atoms with van der Waals surface area (Å²) >= 11 is 3.79. The standard InChI is InChI=1S/C17H19BrO2/c1-12-9-16(19-2)17(20-3)11-14(12)15(18)10-13-7-5-4-6-8-13/h4-9,11,15H,10H2,1-3H3. The zero-order valence-electron chi connectivity index (χ0n) is 12.0. The lowest BCUT2D eigenvalue weighted by atomic mass is 9.99. The van der Waals surface area contributed by atoms with Gasteiger partial charge in [-0.1, -0.05) is 46.3 Å². The van der Waals surface area contributed by atoms with Gasteiger partial charge in [-0.3, -0.25) is 0 Å². The monoisotopic (exact) mass is 334 g/mol. The van der Waals surface area contributed by atoms with Crippen molar-refractivity contribution in [3.05, 3.63) is 59.2 Å². The molecule has 2 aromatic carbocycles. The van der Waals surface area contributed by atoms with Crippen molar-refractivity contribution in [3.8, 4) is 11.5 Å². The van der Waals surface area contributed by atoms with Crippen LogP contribution in [0.1, 0.15) is 21.5 Å². The molecular formula is C17H19BrO2. The van der Waals surface area contributed by atoms with Crippen molar-refractivity contribution in [2.75, 3.05) is 14.2 Å². The number of halogens is 1. The summed E-state index contributed by atoms with van der Waals surface area (Å²) in [6, 6.07) is 14.5. The fraction of sp³-hybridized carbons (Fsp3) is 0.294. The number of alkyl halides is 1. The number of hydrogen-bond acceptors (Lipinski definition) is 2. The molecule has 0 saturated heterocycles. The third-order valence-electron chi connectivity index (χ3n) is 3.37. The molecule has 20 heavy (non-hydrogen) atoms. The van der Waals surface area contributed by atoms with Crippen molar-refractivity contribution in [1.29, 1.82) is 0 Å². The van der Waals surface area contributed by atoms with Crippen LogP contribution in [0.3, 0.4) is 0 Å². The Balaban J connectivity index is 2.27. The Kier molecular flexibility index (Phi) is 5.07. The van der Waals surface area contributed by atoms with Crippen LogP contribution in [0.4, 0.5) is 0 Å². The van der Waals surface area contributed by atoms with E-state index in [9.17, 15) is 0 Å². The molecule has 0 heterocycles. The lowest BCUT2D eigenvalue weighted by molar-refractivity contribution is 0.354. The van der Waals surface area contributed by atoms with Gasteiger partial charge in [-0.15, -0.1) is 0 Å². The maximum atomic E-state index is 5.39. The van der Waals surface area contributed by atoms with E-state index in [2.05, 4.69) is 53.2 Å². The number of ether oxygens (including phenoxy) is 2. The largest absolute Gasteiger partial charge is 0.493 e. The van der Waals surface area contributed by atoms with Crippen LogP contribution in [-0.2, 0) is 6.42 Å². The first kappa shape index (κ1) is 14.9. The summed E-state index contributed by atoms with van der Waals surface area (Å²) in [5, 5.41) is 0. The highest BCUT2D eigenvalue weighted by Gasteiger charge is 2.15. The van der Waals surface area contributed by atoms with Gasteiger partial charge >= 0.3 is 0 Å². The Labute approximate surface area is 128 Å². The van der Waals surface area contributed by atoms with Gasteiger partial charge < -0.3 is 9.47 Å². The second-order valence-electron chi connectivity index (χ2n) is 4.72. The number of benzene rings is 2. The lowest BCUT2D eigenvalue weighted by Gasteiger charge is -2.17. The third-order valence-corrected chi connectivity index (χ3v) is 4.18. The third kappa shape index (κ3) is 3.34. The van der Waals surface area contributed by atoms with Crippen molar-refractivity contribution in [1.82, 2.24) is 0 Å². The van der Waals surface area contributed by atoms with Crippen LogP contribution in [0.25, 0.3) is 0 Å². The van der Waals surface area contributed by atoms with Gasteiger partial charge in [-0.25, -0.2) is 0 Å². The molecule has 0 bridgehead atoms. The lowest BCUT2D eigenvalue weighted by Crippen LogP contribution is -2.00. The molecule has 2 nitrogen and oxygen atoms in total. The molecule has 0 radical (unpaired) electrons. The van der Waals surface area contributed by atoms with E-state index in [1.54, 1.807) is 14.2 Å². The Morgan fingerprint density at radius 1 is 1.00 bits per heavy atom. The predicted octanol–water partition coefficient (Wildman–Crippen LogP) is 4.69. The summed E-state index contributed by atoms with van der Waals surface area (Å²) < 4.78 is 10.7. The summed E-state index contributed by atoms with van der Waals surface area (Å²) in [6.07, 6.45) is 0.942. The van der Waals surface area contributed by atoms with Crippen LogP contribution in [0.5, 0.6) is 11.5 Å². The normalized spacial score (nSPS) is 12.0. The van der Waals surface area contributed by atoms with Crippen molar-refractivity contribution < 1.29 is 9.47 Å². The molecule has 0 saturated carbocycles. The quantitative estimate of drug-likeness (QED) is 0.738. The van der Waals surface area contributed by atoms with E-state index < -0.39 is 0 Å². The maximum Gasteiger partial charge on any atom is 0.161 e. The smallest absolute Gasteiger partial charge is 0.161 e. The zero-order chi connectivity index (χ0) is 14.5. The first-order valence-corrected chi connectivity index (χ1v) is 7.47. The molecule has 0 amide bonds. The van der Waals surface area contributed by atoms with E-state index in [1.165, 1.54) is 16.7 Å². The Bertz CT molecular complexity index is 567. The fourth-order valence-corrected chi connectivity index (χ4v) is 3.13. The SMILES string of the molecule is COc1cc(C)c(C(Br)Cc2ccccc2)cc1OC. The average Bonchev–Trinajstić information content (AvgIpc) is 2.47. The minimum Gasteiger partial charge on any atom is -0.493 e. The summed E-state index contributed by atoms with van der Waals surface area (Å²) in [7, 11) is 3.32. The molecule has 1 atom stereocenters. The van der Waals surface area contributed by atoms with E-state index in [4.69, 9.17) is 9.47 Å². The number of rotatable bonds is 5. The van der Waals surface area contributed by atoms with Gasteiger partial charge in [0.05, 0.1) is 14.2 Å². The molecule has 0 aliphatic heterocycles. The van der Waals surface area contributed by atoms with Gasteiger partial charge in [0, 0.05) is 4.83 Å². The van der Waals surface area contributed by atoms with Gasteiger partial charge in [0.2, 0.25) is 0 Å². The summed E-state index contributed by atoms with van der Waals surface area (Å²) in [5.74, 6) is 1.54. The van der Waals surface area contributed by atoms with Gasteiger partial charge in [-0.2, -0.15) is 0 Å². The molecule has 1 unspecified atom stereocenters. The molecule has 106 valence electrons. The summed E-state index contributed by atoms with van der Waals surface area (Å²) in [6.45, 7) is 2.09. The van der Waals surface area contributed by atoms with Gasteiger partial charge in [-0.05, 0) is 42.2 Å². The van der Waals surface area contributed by atoms with E-state index in [1.807, 2.05) is 12.1 Å². The van der Waals surface area contributed by atoms with Crippen LogP contribution < -0.4 is 9.47 Å². The molecule has 0 fully saturated rings. The van der Waals surface area contributed by atoms with Gasteiger partial charge in [0.25, 0.3) is 0 Å². The molecule has 0 aromatic heterocycles. The highest BCUT2D eigenvalue weighted by molar-refractivity contribution is 9.09. The number of aryl methyl sites for hydroxylation is 1. The van der Waals surface area contributed by atoms with Crippen LogP contribution in [0.2, 0.25) is 0 Å². The molecule has 2 aromatic rings. The molecule has 3 heteroatoms. The van der Waals surface area contributed by atoms with Gasteiger partial charge in [0.15, 0.2) is 11.5 Å². The molecule has 2 rings (SSSR count). The van der Waals surface area contributed by atoms with Crippen LogP contribution in [0.15, 0.2) is 42.5 Å². The molecule has 0 aliphatic rings. The molecule has 0 N–H and O–H groups in total. The van der Waals surface area contributed by atoms with Crippen LogP contribution in [0, 0.1) is 6.92 Å². The van der Waals surface area contributed by atoms with E-state index in [0.717, 1.165) is 17.9 Å². The first-order chi connectivity index (χ1) is 9.65. The second kappa shape index (κ2) is 6.80. The van der Waals surface area contributed by atoms with Crippen LogP contribution in [-0.4, -0.2) is 14.2 Å². The highest BCUT2D eigenvalue weighted by Crippen LogP contribution is 2.37. The first-order valence-electron chi connectivity index (χ1n) is 6.56. The molecule has 0 spiro atoms. The topological polar surface area (TPSA) is 18.5 Å².